The third-order valence-electron chi connectivity index (χ3n) is 3.30. The number of aromatic amines is 1. The van der Waals surface area contributed by atoms with Crippen LogP contribution in [0.2, 0.25) is 0 Å². The number of fused-ring (bicyclic) bond motifs is 1. The summed E-state index contributed by atoms with van der Waals surface area (Å²) in [6, 6.07) is 12.3. The summed E-state index contributed by atoms with van der Waals surface area (Å²) in [6.45, 7) is 4.78. The van der Waals surface area contributed by atoms with Crippen LogP contribution in [0.3, 0.4) is 0 Å². The number of imidazole rings is 1. The molecule has 19 heavy (non-hydrogen) atoms. The average Bonchev–Trinajstić information content (AvgIpc) is 3.04. The Morgan fingerprint density at radius 2 is 2.05 bits per heavy atom. The second-order valence-electron chi connectivity index (χ2n) is 4.59. The Labute approximate surface area is 112 Å². The number of para-hydroxylation sites is 2. The zero-order chi connectivity index (χ0) is 13.1. The summed E-state index contributed by atoms with van der Waals surface area (Å²) in [5.74, 6) is 0.982. The maximum Gasteiger partial charge on any atom is 0.121 e. The van der Waals surface area contributed by atoms with E-state index in [1.54, 1.807) is 0 Å². The Balaban J connectivity index is 1.63. The zero-order valence-corrected chi connectivity index (χ0v) is 11.1. The molecule has 2 heterocycles. The van der Waals surface area contributed by atoms with E-state index in [2.05, 4.69) is 45.1 Å². The smallest absolute Gasteiger partial charge is 0.121 e. The van der Waals surface area contributed by atoms with Crippen LogP contribution in [0.5, 0.6) is 0 Å². The van der Waals surface area contributed by atoms with Crippen molar-refractivity contribution >= 4 is 11.0 Å². The molecule has 4 nitrogen and oxygen atoms in total. The van der Waals surface area contributed by atoms with E-state index in [0.717, 1.165) is 36.5 Å². The molecule has 0 aliphatic rings. The van der Waals surface area contributed by atoms with E-state index in [1.165, 1.54) is 5.69 Å². The van der Waals surface area contributed by atoms with Gasteiger partial charge >= 0.3 is 0 Å². The minimum Gasteiger partial charge on any atom is -0.351 e. The van der Waals surface area contributed by atoms with Gasteiger partial charge in [-0.25, -0.2) is 4.98 Å². The first kappa shape index (κ1) is 12.0. The number of nitrogens with zero attached hydrogens (tertiary/aromatic N) is 2. The number of aromatic nitrogens is 3. The molecular weight excluding hydrogens is 236 g/mol. The van der Waals surface area contributed by atoms with Crippen molar-refractivity contribution < 1.29 is 0 Å². The van der Waals surface area contributed by atoms with Crippen molar-refractivity contribution in [3.8, 4) is 0 Å². The van der Waals surface area contributed by atoms with Crippen molar-refractivity contribution in [2.24, 2.45) is 0 Å². The normalized spacial score (nSPS) is 11.2. The summed E-state index contributed by atoms with van der Waals surface area (Å²) in [7, 11) is 0. The molecule has 0 saturated heterocycles. The van der Waals surface area contributed by atoms with Gasteiger partial charge in [0.1, 0.15) is 5.82 Å². The second-order valence-corrected chi connectivity index (χ2v) is 4.59. The van der Waals surface area contributed by atoms with E-state index in [9.17, 15) is 0 Å². The van der Waals surface area contributed by atoms with E-state index in [-0.39, 0.29) is 0 Å². The number of H-pyrrole nitrogens is 1. The zero-order valence-electron chi connectivity index (χ0n) is 11.1. The highest BCUT2D eigenvalue weighted by atomic mass is 15.0. The van der Waals surface area contributed by atoms with Crippen LogP contribution in [0.4, 0.5) is 0 Å². The Bertz CT molecular complexity index is 632. The topological polar surface area (TPSA) is 45.6 Å². The summed E-state index contributed by atoms with van der Waals surface area (Å²) in [6.07, 6.45) is 2.11. The summed E-state index contributed by atoms with van der Waals surface area (Å²) in [5.41, 5.74) is 3.42. The Kier molecular flexibility index (Phi) is 3.33. The average molecular weight is 254 g/mol. The third-order valence-corrected chi connectivity index (χ3v) is 3.30. The molecule has 0 atom stereocenters. The summed E-state index contributed by atoms with van der Waals surface area (Å²) < 4.78 is 2.24. The molecule has 2 N–H and O–H groups in total. The van der Waals surface area contributed by atoms with Crippen LogP contribution in [0.25, 0.3) is 11.0 Å². The van der Waals surface area contributed by atoms with Crippen LogP contribution in [0.1, 0.15) is 18.4 Å². The van der Waals surface area contributed by atoms with Crippen molar-refractivity contribution in [1.82, 2.24) is 19.9 Å². The van der Waals surface area contributed by atoms with Crippen molar-refractivity contribution in [2.75, 3.05) is 0 Å². The van der Waals surface area contributed by atoms with Crippen molar-refractivity contribution in [2.45, 2.75) is 26.6 Å². The van der Waals surface area contributed by atoms with Gasteiger partial charge in [0.05, 0.1) is 17.6 Å². The van der Waals surface area contributed by atoms with Crippen LogP contribution < -0.4 is 5.32 Å². The highest BCUT2D eigenvalue weighted by molar-refractivity contribution is 5.74. The standard InChI is InChI=1S/C15H18N4/c1-2-19-9-5-6-12(19)10-16-11-15-17-13-7-3-4-8-14(13)18-15/h3-9,16H,2,10-11H2,1H3,(H,17,18). The van der Waals surface area contributed by atoms with Crippen molar-refractivity contribution in [1.29, 1.82) is 0 Å². The molecule has 0 bridgehead atoms. The Morgan fingerprint density at radius 3 is 2.89 bits per heavy atom. The lowest BCUT2D eigenvalue weighted by Crippen LogP contribution is -2.16. The van der Waals surface area contributed by atoms with Gasteiger partial charge in [0.15, 0.2) is 0 Å². The van der Waals surface area contributed by atoms with Crippen LogP contribution in [-0.4, -0.2) is 14.5 Å². The van der Waals surface area contributed by atoms with Gasteiger partial charge in [-0.15, -0.1) is 0 Å². The number of aryl methyl sites for hydroxylation is 1. The van der Waals surface area contributed by atoms with E-state index in [1.807, 2.05) is 24.3 Å². The lowest BCUT2D eigenvalue weighted by Gasteiger charge is -2.06. The summed E-state index contributed by atoms with van der Waals surface area (Å²) in [5, 5.41) is 3.43. The van der Waals surface area contributed by atoms with Gasteiger partial charge < -0.3 is 14.9 Å². The molecule has 3 aromatic rings. The summed E-state index contributed by atoms with van der Waals surface area (Å²) in [4.78, 5) is 7.87. The van der Waals surface area contributed by atoms with Gasteiger partial charge in [-0.05, 0) is 31.2 Å². The number of hydrogen-bond acceptors (Lipinski definition) is 2. The quantitative estimate of drug-likeness (QED) is 0.735. The minimum atomic E-state index is 0.754. The molecule has 0 saturated carbocycles. The van der Waals surface area contributed by atoms with Crippen LogP contribution in [0, 0.1) is 0 Å². The predicted octanol–water partition coefficient (Wildman–Crippen LogP) is 2.67. The summed E-state index contributed by atoms with van der Waals surface area (Å²) >= 11 is 0. The first-order valence-electron chi connectivity index (χ1n) is 6.65. The first-order valence-corrected chi connectivity index (χ1v) is 6.65. The van der Waals surface area contributed by atoms with E-state index < -0.39 is 0 Å². The molecule has 0 aliphatic carbocycles. The molecule has 98 valence electrons. The van der Waals surface area contributed by atoms with E-state index in [4.69, 9.17) is 0 Å². The van der Waals surface area contributed by atoms with Gasteiger partial charge in [0.2, 0.25) is 0 Å². The predicted molar refractivity (Wildman–Crippen MR) is 76.7 cm³/mol. The van der Waals surface area contributed by atoms with E-state index >= 15 is 0 Å². The molecule has 0 spiro atoms. The highest BCUT2D eigenvalue weighted by Crippen LogP contribution is 2.10. The fourth-order valence-corrected chi connectivity index (χ4v) is 2.32. The molecule has 2 aromatic heterocycles. The van der Waals surface area contributed by atoms with Gasteiger partial charge in [-0.2, -0.15) is 0 Å². The monoisotopic (exact) mass is 254 g/mol. The van der Waals surface area contributed by atoms with Gasteiger partial charge in [-0.3, -0.25) is 0 Å². The fraction of sp³-hybridized carbons (Fsp3) is 0.267. The van der Waals surface area contributed by atoms with E-state index in [0.29, 0.717) is 0 Å². The molecule has 1 aromatic carbocycles. The van der Waals surface area contributed by atoms with Gasteiger partial charge in [0.25, 0.3) is 0 Å². The van der Waals surface area contributed by atoms with Crippen LogP contribution >= 0.6 is 0 Å². The number of nitrogens with one attached hydrogen (secondary N) is 2. The van der Waals surface area contributed by atoms with Crippen LogP contribution in [-0.2, 0) is 19.6 Å². The maximum atomic E-state index is 4.55. The molecule has 0 amide bonds. The lowest BCUT2D eigenvalue weighted by molar-refractivity contribution is 0.617. The van der Waals surface area contributed by atoms with Gasteiger partial charge in [-0.1, -0.05) is 12.1 Å². The van der Waals surface area contributed by atoms with Crippen molar-refractivity contribution in [3.05, 3.63) is 54.1 Å². The van der Waals surface area contributed by atoms with Gasteiger partial charge in [0, 0.05) is 25.0 Å². The minimum absolute atomic E-state index is 0.754. The molecule has 0 fully saturated rings. The first-order chi connectivity index (χ1) is 9.36. The Hall–Kier alpha value is -2.07. The molecule has 0 aliphatic heterocycles. The molecule has 0 radical (unpaired) electrons. The molecule has 4 heteroatoms. The number of rotatable bonds is 5. The number of benzene rings is 1. The maximum absolute atomic E-state index is 4.55. The highest BCUT2D eigenvalue weighted by Gasteiger charge is 2.02. The van der Waals surface area contributed by atoms with Crippen molar-refractivity contribution in [3.63, 3.8) is 0 Å². The largest absolute Gasteiger partial charge is 0.351 e. The third kappa shape index (κ3) is 2.53. The fourth-order valence-electron chi connectivity index (χ4n) is 2.32. The van der Waals surface area contributed by atoms with Crippen LogP contribution in [0.15, 0.2) is 42.6 Å². The SMILES string of the molecule is CCn1cccc1CNCc1nc2ccccc2[nH]1. The lowest BCUT2D eigenvalue weighted by atomic mass is 10.3. The molecule has 3 rings (SSSR count). The molecule has 0 unspecified atom stereocenters. The second kappa shape index (κ2) is 5.28. The molecular formula is C15H18N4. The Morgan fingerprint density at radius 1 is 1.16 bits per heavy atom. The number of hydrogen-bond donors (Lipinski definition) is 2.